The minimum Gasteiger partial charge on any atom is -0.356 e. The van der Waals surface area contributed by atoms with Crippen LogP contribution in [0.25, 0.3) is 11.0 Å². The quantitative estimate of drug-likeness (QED) is 0.364. The highest BCUT2D eigenvalue weighted by atomic mass is 15.3. The molecule has 2 aromatic heterocycles. The van der Waals surface area contributed by atoms with Gasteiger partial charge in [0.1, 0.15) is 5.82 Å². The first-order valence-corrected chi connectivity index (χ1v) is 9.53. The highest BCUT2D eigenvalue weighted by Gasteiger charge is 2.06. The minimum atomic E-state index is 0.846. The highest BCUT2D eigenvalue weighted by molar-refractivity contribution is 5.79. The Bertz CT molecular complexity index is 891. The summed E-state index contributed by atoms with van der Waals surface area (Å²) in [6.07, 6.45) is 5.96. The van der Waals surface area contributed by atoms with E-state index in [0.29, 0.717) is 0 Å². The second kappa shape index (κ2) is 9.21. The zero-order valence-electron chi connectivity index (χ0n) is 16.4. The predicted octanol–water partition coefficient (Wildman–Crippen LogP) is 2.50. The van der Waals surface area contributed by atoms with Gasteiger partial charge in [-0.3, -0.25) is 9.67 Å². The van der Waals surface area contributed by atoms with Crippen LogP contribution in [0.5, 0.6) is 0 Å². The number of aryl methyl sites for hydroxylation is 4. The molecule has 3 rings (SSSR count). The molecule has 27 heavy (non-hydrogen) atoms. The van der Waals surface area contributed by atoms with Crippen molar-refractivity contribution >= 4 is 17.0 Å². The third-order valence-electron chi connectivity index (χ3n) is 4.54. The highest BCUT2D eigenvalue weighted by Crippen LogP contribution is 2.15. The number of nitrogens with zero attached hydrogens (tertiary/aromatic N) is 5. The molecule has 0 fully saturated rings. The molecule has 7 nitrogen and oxygen atoms in total. The minimum absolute atomic E-state index is 0.846. The molecule has 2 N–H and O–H groups in total. The van der Waals surface area contributed by atoms with E-state index in [0.717, 1.165) is 56.3 Å². The number of nitrogens with one attached hydrogen (secondary N) is 2. The number of para-hydroxylation sites is 2. The number of aliphatic imine (C=N–C) groups is 1. The van der Waals surface area contributed by atoms with Gasteiger partial charge in [-0.25, -0.2) is 4.98 Å². The van der Waals surface area contributed by atoms with E-state index >= 15 is 0 Å². The Labute approximate surface area is 160 Å². The van der Waals surface area contributed by atoms with Crippen LogP contribution in [0.15, 0.2) is 41.7 Å². The molecule has 0 amide bonds. The number of fused-ring (bicyclic) bond motifs is 1. The van der Waals surface area contributed by atoms with Crippen molar-refractivity contribution < 1.29 is 0 Å². The lowest BCUT2D eigenvalue weighted by molar-refractivity contribution is 0.568. The summed E-state index contributed by atoms with van der Waals surface area (Å²) < 4.78 is 4.25. The lowest BCUT2D eigenvalue weighted by Gasteiger charge is -2.12. The Morgan fingerprint density at radius 3 is 2.52 bits per heavy atom. The van der Waals surface area contributed by atoms with Crippen LogP contribution >= 0.6 is 0 Å². The number of aromatic nitrogens is 4. The van der Waals surface area contributed by atoms with Gasteiger partial charge in [0, 0.05) is 39.4 Å². The summed E-state index contributed by atoms with van der Waals surface area (Å²) in [4.78, 5) is 8.91. The van der Waals surface area contributed by atoms with Gasteiger partial charge in [-0.05, 0) is 44.4 Å². The van der Waals surface area contributed by atoms with Crippen molar-refractivity contribution in [2.24, 2.45) is 4.99 Å². The van der Waals surface area contributed by atoms with Gasteiger partial charge in [0.15, 0.2) is 5.96 Å². The van der Waals surface area contributed by atoms with Crippen LogP contribution in [0.4, 0.5) is 0 Å². The summed E-state index contributed by atoms with van der Waals surface area (Å²) in [7, 11) is 1.81. The first-order chi connectivity index (χ1) is 13.2. The van der Waals surface area contributed by atoms with Crippen molar-refractivity contribution in [1.82, 2.24) is 30.0 Å². The van der Waals surface area contributed by atoms with Crippen LogP contribution in [0.1, 0.15) is 24.2 Å². The van der Waals surface area contributed by atoms with Crippen LogP contribution in [0.3, 0.4) is 0 Å². The SMILES string of the molecule is CN=C(NCCCn1cc(C)cn1)NCCCn1c(C)nc2ccccc21. The number of benzene rings is 1. The summed E-state index contributed by atoms with van der Waals surface area (Å²) >= 11 is 0. The second-order valence-electron chi connectivity index (χ2n) is 6.71. The fraction of sp³-hybridized carbons (Fsp3) is 0.450. The van der Waals surface area contributed by atoms with Crippen molar-refractivity contribution in [3.8, 4) is 0 Å². The zero-order valence-corrected chi connectivity index (χ0v) is 16.4. The number of hydrogen-bond acceptors (Lipinski definition) is 3. The van der Waals surface area contributed by atoms with Crippen LogP contribution in [-0.4, -0.2) is 45.4 Å². The Morgan fingerprint density at radius 1 is 1.07 bits per heavy atom. The molecule has 0 saturated carbocycles. The van der Waals surface area contributed by atoms with Crippen LogP contribution < -0.4 is 10.6 Å². The first-order valence-electron chi connectivity index (χ1n) is 9.53. The van der Waals surface area contributed by atoms with Gasteiger partial charge in [0.05, 0.1) is 17.2 Å². The molecule has 1 aromatic carbocycles. The van der Waals surface area contributed by atoms with Gasteiger partial charge in [0.25, 0.3) is 0 Å². The molecule has 0 aliphatic heterocycles. The van der Waals surface area contributed by atoms with Crippen LogP contribution in [-0.2, 0) is 13.1 Å². The molecule has 0 radical (unpaired) electrons. The van der Waals surface area contributed by atoms with Crippen molar-refractivity contribution in [2.45, 2.75) is 39.8 Å². The predicted molar refractivity (Wildman–Crippen MR) is 110 cm³/mol. The van der Waals surface area contributed by atoms with E-state index in [9.17, 15) is 0 Å². The number of imidazole rings is 1. The molecule has 0 saturated heterocycles. The van der Waals surface area contributed by atoms with Gasteiger partial charge < -0.3 is 15.2 Å². The molecule has 0 aliphatic carbocycles. The third kappa shape index (κ3) is 5.09. The topological polar surface area (TPSA) is 72.1 Å². The number of rotatable bonds is 8. The van der Waals surface area contributed by atoms with E-state index in [1.807, 2.05) is 16.9 Å². The maximum Gasteiger partial charge on any atom is 0.190 e. The van der Waals surface area contributed by atoms with E-state index in [1.54, 1.807) is 7.05 Å². The lowest BCUT2D eigenvalue weighted by Crippen LogP contribution is -2.38. The Kier molecular flexibility index (Phi) is 6.46. The Balaban J connectivity index is 1.37. The van der Waals surface area contributed by atoms with Gasteiger partial charge in [-0.1, -0.05) is 12.1 Å². The molecule has 2 heterocycles. The fourth-order valence-corrected chi connectivity index (χ4v) is 3.18. The van der Waals surface area contributed by atoms with Crippen molar-refractivity contribution in [1.29, 1.82) is 0 Å². The lowest BCUT2D eigenvalue weighted by atomic mass is 10.3. The van der Waals surface area contributed by atoms with Gasteiger partial charge in [-0.15, -0.1) is 0 Å². The maximum absolute atomic E-state index is 4.62. The fourth-order valence-electron chi connectivity index (χ4n) is 3.18. The van der Waals surface area contributed by atoms with Gasteiger partial charge >= 0.3 is 0 Å². The monoisotopic (exact) mass is 367 g/mol. The first kappa shape index (κ1) is 18.9. The Hall–Kier alpha value is -2.83. The largest absolute Gasteiger partial charge is 0.356 e. The molecule has 0 bridgehead atoms. The van der Waals surface area contributed by atoms with E-state index in [-0.39, 0.29) is 0 Å². The molecular formula is C20H29N7. The van der Waals surface area contributed by atoms with Crippen molar-refractivity contribution in [3.05, 3.63) is 48.0 Å². The van der Waals surface area contributed by atoms with E-state index in [4.69, 9.17) is 0 Å². The molecular weight excluding hydrogens is 338 g/mol. The molecule has 144 valence electrons. The standard InChI is InChI=1S/C20H29N7/c1-16-14-24-26(15-16)12-6-10-22-20(21-3)23-11-7-13-27-17(2)25-18-8-4-5-9-19(18)27/h4-5,8-9,14-15H,6-7,10-13H2,1-3H3,(H2,21,22,23). The summed E-state index contributed by atoms with van der Waals surface area (Å²) in [5.41, 5.74) is 3.46. The van der Waals surface area contributed by atoms with Crippen LogP contribution in [0, 0.1) is 13.8 Å². The van der Waals surface area contributed by atoms with Gasteiger partial charge in [-0.2, -0.15) is 5.10 Å². The molecule has 0 unspecified atom stereocenters. The summed E-state index contributed by atoms with van der Waals surface area (Å²) in [5, 5.41) is 11.0. The van der Waals surface area contributed by atoms with E-state index in [1.165, 1.54) is 11.1 Å². The molecule has 7 heteroatoms. The third-order valence-corrected chi connectivity index (χ3v) is 4.54. The van der Waals surface area contributed by atoms with E-state index < -0.39 is 0 Å². The molecule has 0 spiro atoms. The van der Waals surface area contributed by atoms with Crippen molar-refractivity contribution in [2.75, 3.05) is 20.1 Å². The number of guanidine groups is 1. The number of hydrogen-bond donors (Lipinski definition) is 2. The molecule has 3 aromatic rings. The maximum atomic E-state index is 4.62. The molecule has 0 aliphatic rings. The normalized spacial score (nSPS) is 11.9. The second-order valence-corrected chi connectivity index (χ2v) is 6.71. The average Bonchev–Trinajstić information content (AvgIpc) is 3.22. The summed E-state index contributed by atoms with van der Waals surface area (Å²) in [6.45, 7) is 7.70. The van der Waals surface area contributed by atoms with Gasteiger partial charge in [0.2, 0.25) is 0 Å². The summed E-state index contributed by atoms with van der Waals surface area (Å²) in [6, 6.07) is 8.29. The Morgan fingerprint density at radius 2 is 1.81 bits per heavy atom. The zero-order chi connectivity index (χ0) is 19.1. The van der Waals surface area contributed by atoms with E-state index in [2.05, 4.69) is 68.5 Å². The molecule has 0 atom stereocenters. The van der Waals surface area contributed by atoms with Crippen LogP contribution in [0.2, 0.25) is 0 Å². The smallest absolute Gasteiger partial charge is 0.190 e. The summed E-state index contributed by atoms with van der Waals surface area (Å²) in [5.74, 6) is 1.91. The average molecular weight is 368 g/mol. The van der Waals surface area contributed by atoms with Crippen molar-refractivity contribution in [3.63, 3.8) is 0 Å².